The Kier molecular flexibility index (Phi) is 6.87. The van der Waals surface area contributed by atoms with Crippen LogP contribution >= 0.6 is 0 Å². The maximum absolute atomic E-state index is 11.8. The van der Waals surface area contributed by atoms with E-state index in [4.69, 9.17) is 10.00 Å². The van der Waals surface area contributed by atoms with Gasteiger partial charge in [0.1, 0.15) is 0 Å². The number of hydrogen-bond acceptors (Lipinski definition) is 3. The molecule has 0 heterocycles. The first-order chi connectivity index (χ1) is 10.4. The highest BCUT2D eigenvalue weighted by molar-refractivity contribution is 5.74. The van der Waals surface area contributed by atoms with Crippen LogP contribution in [-0.2, 0) is 11.2 Å². The summed E-state index contributed by atoms with van der Waals surface area (Å²) in [5.41, 5.74) is 1.41. The molecule has 1 aromatic carbocycles. The third-order valence-electron chi connectivity index (χ3n) is 3.48. The number of amides is 2. The molecule has 1 aromatic rings. The standard InChI is InChI=1S/C17H25N3O2/c1-13(11-17(2,3)22-4)20-16(21)19-9-8-14-6-5-7-15(10-14)12-18/h5-7,10,13H,8-9,11H2,1-4H3,(H2,19,20,21). The van der Waals surface area contributed by atoms with Gasteiger partial charge < -0.3 is 15.4 Å². The van der Waals surface area contributed by atoms with Crippen LogP contribution in [0.15, 0.2) is 24.3 Å². The second-order valence-corrected chi connectivity index (χ2v) is 6.03. The lowest BCUT2D eigenvalue weighted by molar-refractivity contribution is 0.00951. The van der Waals surface area contributed by atoms with E-state index < -0.39 is 0 Å². The Labute approximate surface area is 132 Å². The van der Waals surface area contributed by atoms with Crippen molar-refractivity contribution in [3.63, 3.8) is 0 Å². The zero-order valence-corrected chi connectivity index (χ0v) is 13.8. The van der Waals surface area contributed by atoms with E-state index in [0.717, 1.165) is 12.0 Å². The number of ether oxygens (including phenoxy) is 1. The second kappa shape index (κ2) is 8.40. The normalized spacial score (nSPS) is 12.3. The van der Waals surface area contributed by atoms with Crippen molar-refractivity contribution < 1.29 is 9.53 Å². The molecular weight excluding hydrogens is 278 g/mol. The molecule has 0 aromatic heterocycles. The summed E-state index contributed by atoms with van der Waals surface area (Å²) in [5.74, 6) is 0. The summed E-state index contributed by atoms with van der Waals surface area (Å²) in [6, 6.07) is 9.35. The number of carbonyl (C=O) groups excluding carboxylic acids is 1. The van der Waals surface area contributed by atoms with Crippen LogP contribution in [0.4, 0.5) is 4.79 Å². The van der Waals surface area contributed by atoms with Crippen molar-refractivity contribution in [2.75, 3.05) is 13.7 Å². The van der Waals surface area contributed by atoms with Crippen LogP contribution in [-0.4, -0.2) is 31.3 Å². The fraction of sp³-hybridized carbons (Fsp3) is 0.529. The van der Waals surface area contributed by atoms with E-state index >= 15 is 0 Å². The van der Waals surface area contributed by atoms with Crippen molar-refractivity contribution in [2.45, 2.75) is 45.3 Å². The Morgan fingerprint density at radius 2 is 2.18 bits per heavy atom. The number of nitrogens with one attached hydrogen (secondary N) is 2. The number of methoxy groups -OCH3 is 1. The maximum atomic E-state index is 11.8. The van der Waals surface area contributed by atoms with Crippen molar-refractivity contribution in [3.05, 3.63) is 35.4 Å². The fourth-order valence-electron chi connectivity index (χ4n) is 2.26. The molecule has 120 valence electrons. The van der Waals surface area contributed by atoms with Crippen LogP contribution in [0.3, 0.4) is 0 Å². The fourth-order valence-corrected chi connectivity index (χ4v) is 2.26. The van der Waals surface area contributed by atoms with E-state index in [2.05, 4.69) is 16.7 Å². The first-order valence-corrected chi connectivity index (χ1v) is 7.45. The highest BCUT2D eigenvalue weighted by Crippen LogP contribution is 2.15. The number of benzene rings is 1. The van der Waals surface area contributed by atoms with Gasteiger partial charge in [-0.15, -0.1) is 0 Å². The molecule has 0 spiro atoms. The van der Waals surface area contributed by atoms with Gasteiger partial charge in [-0.25, -0.2) is 4.79 Å². The molecule has 1 unspecified atom stereocenters. The van der Waals surface area contributed by atoms with Crippen LogP contribution in [0.1, 0.15) is 38.3 Å². The highest BCUT2D eigenvalue weighted by atomic mass is 16.5. The van der Waals surface area contributed by atoms with E-state index in [1.54, 1.807) is 13.2 Å². The van der Waals surface area contributed by atoms with E-state index in [-0.39, 0.29) is 17.7 Å². The number of carbonyl (C=O) groups is 1. The van der Waals surface area contributed by atoms with Gasteiger partial charge in [0.2, 0.25) is 0 Å². The maximum Gasteiger partial charge on any atom is 0.315 e. The molecule has 0 saturated heterocycles. The van der Waals surface area contributed by atoms with Gasteiger partial charge in [0, 0.05) is 19.7 Å². The number of nitriles is 1. The molecule has 0 aliphatic heterocycles. The lowest BCUT2D eigenvalue weighted by Crippen LogP contribution is -2.44. The van der Waals surface area contributed by atoms with Gasteiger partial charge in [-0.2, -0.15) is 5.26 Å². The zero-order valence-electron chi connectivity index (χ0n) is 13.8. The predicted octanol–water partition coefficient (Wildman–Crippen LogP) is 2.60. The summed E-state index contributed by atoms with van der Waals surface area (Å²) in [5, 5.41) is 14.6. The van der Waals surface area contributed by atoms with Gasteiger partial charge in [-0.1, -0.05) is 12.1 Å². The lowest BCUT2D eigenvalue weighted by Gasteiger charge is -2.27. The Morgan fingerprint density at radius 3 is 2.82 bits per heavy atom. The minimum atomic E-state index is -0.259. The van der Waals surface area contributed by atoms with Crippen molar-refractivity contribution in [3.8, 4) is 6.07 Å². The molecule has 0 fully saturated rings. The van der Waals surface area contributed by atoms with Gasteiger partial charge in [0.25, 0.3) is 0 Å². The number of urea groups is 1. The van der Waals surface area contributed by atoms with Gasteiger partial charge >= 0.3 is 6.03 Å². The van der Waals surface area contributed by atoms with Crippen LogP contribution in [0, 0.1) is 11.3 Å². The average molecular weight is 303 g/mol. The number of rotatable bonds is 7. The van der Waals surface area contributed by atoms with Crippen molar-refractivity contribution in [2.24, 2.45) is 0 Å². The third kappa shape index (κ3) is 6.59. The Bertz CT molecular complexity index is 535. The van der Waals surface area contributed by atoms with E-state index in [9.17, 15) is 4.79 Å². The molecule has 22 heavy (non-hydrogen) atoms. The Morgan fingerprint density at radius 1 is 1.45 bits per heavy atom. The molecule has 0 saturated carbocycles. The number of hydrogen-bond donors (Lipinski definition) is 2. The molecule has 5 nitrogen and oxygen atoms in total. The van der Waals surface area contributed by atoms with Crippen molar-refractivity contribution in [1.82, 2.24) is 10.6 Å². The third-order valence-corrected chi connectivity index (χ3v) is 3.48. The van der Waals surface area contributed by atoms with Crippen LogP contribution in [0.25, 0.3) is 0 Å². The number of nitrogens with zero attached hydrogens (tertiary/aromatic N) is 1. The van der Waals surface area contributed by atoms with Crippen LogP contribution in [0.2, 0.25) is 0 Å². The Balaban J connectivity index is 2.33. The molecule has 2 N–H and O–H groups in total. The summed E-state index contributed by atoms with van der Waals surface area (Å²) in [6.07, 6.45) is 1.43. The predicted molar refractivity (Wildman–Crippen MR) is 86.6 cm³/mol. The molecule has 1 atom stereocenters. The summed E-state index contributed by atoms with van der Waals surface area (Å²) in [6.45, 7) is 6.47. The molecule has 0 bridgehead atoms. The first-order valence-electron chi connectivity index (χ1n) is 7.45. The lowest BCUT2D eigenvalue weighted by atomic mass is 10.00. The highest BCUT2D eigenvalue weighted by Gasteiger charge is 2.21. The van der Waals surface area contributed by atoms with Gasteiger partial charge in [-0.3, -0.25) is 0 Å². The molecular formula is C17H25N3O2. The monoisotopic (exact) mass is 303 g/mol. The van der Waals surface area contributed by atoms with E-state index in [1.165, 1.54) is 0 Å². The molecule has 0 radical (unpaired) electrons. The quantitative estimate of drug-likeness (QED) is 0.813. The average Bonchev–Trinajstić information content (AvgIpc) is 2.46. The van der Waals surface area contributed by atoms with Gasteiger partial charge in [0.05, 0.1) is 17.2 Å². The zero-order chi connectivity index (χ0) is 16.6. The molecule has 0 aliphatic carbocycles. The summed E-state index contributed by atoms with van der Waals surface area (Å²) in [7, 11) is 1.67. The summed E-state index contributed by atoms with van der Waals surface area (Å²) < 4.78 is 5.35. The molecule has 5 heteroatoms. The van der Waals surface area contributed by atoms with E-state index in [1.807, 2.05) is 39.0 Å². The van der Waals surface area contributed by atoms with Crippen LogP contribution in [0.5, 0.6) is 0 Å². The minimum Gasteiger partial charge on any atom is -0.379 e. The molecule has 2 amide bonds. The smallest absolute Gasteiger partial charge is 0.315 e. The van der Waals surface area contributed by atoms with Crippen molar-refractivity contribution in [1.29, 1.82) is 5.26 Å². The molecule has 0 aliphatic rings. The van der Waals surface area contributed by atoms with Crippen molar-refractivity contribution >= 4 is 6.03 Å². The van der Waals surface area contributed by atoms with E-state index in [0.29, 0.717) is 18.5 Å². The van der Waals surface area contributed by atoms with Gasteiger partial charge in [-0.05, 0) is 51.3 Å². The minimum absolute atomic E-state index is 0.0249. The SMILES string of the molecule is COC(C)(C)CC(C)NC(=O)NCCc1cccc(C#N)c1. The second-order valence-electron chi connectivity index (χ2n) is 6.03. The first kappa shape index (κ1) is 18.0. The van der Waals surface area contributed by atoms with Gasteiger partial charge in [0.15, 0.2) is 0 Å². The molecule has 1 rings (SSSR count). The largest absolute Gasteiger partial charge is 0.379 e. The Hall–Kier alpha value is -2.06. The topological polar surface area (TPSA) is 74.2 Å². The summed E-state index contributed by atoms with van der Waals surface area (Å²) in [4.78, 5) is 11.8. The van der Waals surface area contributed by atoms with Crippen LogP contribution < -0.4 is 10.6 Å². The summed E-state index contributed by atoms with van der Waals surface area (Å²) >= 11 is 0.